The van der Waals surface area contributed by atoms with Gasteiger partial charge in [-0.15, -0.1) is 11.8 Å². The van der Waals surface area contributed by atoms with Gasteiger partial charge < -0.3 is 19.9 Å². The van der Waals surface area contributed by atoms with Crippen molar-refractivity contribution < 1.29 is 14.6 Å². The second-order valence-electron chi connectivity index (χ2n) is 4.42. The van der Waals surface area contributed by atoms with Crippen LogP contribution in [0.4, 0.5) is 5.69 Å². The quantitative estimate of drug-likeness (QED) is 0.796. The Morgan fingerprint density at radius 3 is 2.43 bits per heavy atom. The molecule has 4 nitrogen and oxygen atoms in total. The molecule has 0 aliphatic rings. The number of aromatic hydroxyl groups is 1. The van der Waals surface area contributed by atoms with Crippen LogP contribution in [0.3, 0.4) is 0 Å². The Balaban J connectivity index is 2.22. The highest BCUT2D eigenvalue weighted by Crippen LogP contribution is 2.35. The first kappa shape index (κ1) is 15.4. The van der Waals surface area contributed by atoms with Crippen LogP contribution in [-0.4, -0.2) is 25.6 Å². The van der Waals surface area contributed by atoms with Gasteiger partial charge in [0.25, 0.3) is 0 Å². The molecule has 0 aliphatic heterocycles. The van der Waals surface area contributed by atoms with Crippen molar-refractivity contribution in [3.05, 3.63) is 42.0 Å². The molecule has 0 atom stereocenters. The maximum Gasteiger partial charge on any atom is 0.161 e. The van der Waals surface area contributed by atoms with E-state index >= 15 is 0 Å². The van der Waals surface area contributed by atoms with E-state index in [2.05, 4.69) is 5.32 Å². The molecule has 0 fully saturated rings. The molecule has 0 saturated heterocycles. The van der Waals surface area contributed by atoms with E-state index in [0.717, 1.165) is 21.9 Å². The summed E-state index contributed by atoms with van der Waals surface area (Å²) in [5.41, 5.74) is 1.99. The fourth-order valence-electron chi connectivity index (χ4n) is 2.04. The lowest BCUT2D eigenvalue weighted by Gasteiger charge is -2.15. The first-order valence-corrected chi connectivity index (χ1v) is 7.72. The summed E-state index contributed by atoms with van der Waals surface area (Å²) in [5, 5.41) is 12.8. The van der Waals surface area contributed by atoms with Crippen LogP contribution >= 0.6 is 11.8 Å². The topological polar surface area (TPSA) is 50.7 Å². The molecule has 0 aliphatic carbocycles. The summed E-state index contributed by atoms with van der Waals surface area (Å²) in [6.07, 6.45) is 2.03. The van der Waals surface area contributed by atoms with Crippen LogP contribution in [0.25, 0.3) is 0 Å². The summed E-state index contributed by atoms with van der Waals surface area (Å²) in [7, 11) is 3.26. The van der Waals surface area contributed by atoms with Crippen LogP contribution in [-0.2, 0) is 6.54 Å². The van der Waals surface area contributed by atoms with Gasteiger partial charge in [0.2, 0.25) is 0 Å². The van der Waals surface area contributed by atoms with Crippen molar-refractivity contribution >= 4 is 17.4 Å². The Kier molecular flexibility index (Phi) is 5.22. The minimum atomic E-state index is 0.248. The van der Waals surface area contributed by atoms with E-state index in [1.54, 1.807) is 38.1 Å². The number of hydrogen-bond donors (Lipinski definition) is 2. The fourth-order valence-corrected chi connectivity index (χ4v) is 2.66. The van der Waals surface area contributed by atoms with E-state index in [0.29, 0.717) is 12.3 Å². The van der Waals surface area contributed by atoms with Crippen LogP contribution < -0.4 is 14.8 Å². The van der Waals surface area contributed by atoms with Gasteiger partial charge >= 0.3 is 0 Å². The van der Waals surface area contributed by atoms with E-state index in [1.165, 1.54) is 0 Å². The smallest absolute Gasteiger partial charge is 0.161 e. The number of ether oxygens (including phenoxy) is 2. The van der Waals surface area contributed by atoms with Crippen molar-refractivity contribution in [2.75, 3.05) is 25.8 Å². The molecule has 0 radical (unpaired) electrons. The number of rotatable bonds is 6. The van der Waals surface area contributed by atoms with Gasteiger partial charge in [-0.05, 0) is 36.1 Å². The Morgan fingerprint density at radius 1 is 1.10 bits per heavy atom. The molecule has 112 valence electrons. The molecule has 0 bridgehead atoms. The van der Waals surface area contributed by atoms with Gasteiger partial charge in [0, 0.05) is 23.2 Å². The highest BCUT2D eigenvalue weighted by atomic mass is 32.2. The average Bonchev–Trinajstić information content (AvgIpc) is 2.52. The van der Waals surface area contributed by atoms with Gasteiger partial charge in [-0.25, -0.2) is 0 Å². The molecule has 2 aromatic rings. The number of benzene rings is 2. The van der Waals surface area contributed by atoms with Gasteiger partial charge in [-0.2, -0.15) is 0 Å². The number of nitrogens with one attached hydrogen (secondary N) is 1. The third-order valence-corrected chi connectivity index (χ3v) is 3.94. The van der Waals surface area contributed by atoms with Crippen molar-refractivity contribution in [3.8, 4) is 17.2 Å². The Morgan fingerprint density at radius 2 is 1.81 bits per heavy atom. The van der Waals surface area contributed by atoms with Crippen LogP contribution in [0, 0.1) is 0 Å². The van der Waals surface area contributed by atoms with Crippen molar-refractivity contribution in [1.82, 2.24) is 0 Å². The molecule has 21 heavy (non-hydrogen) atoms. The SMILES string of the molecule is COc1cc(CNc2cccc(O)c2)c(SC)cc1OC. The minimum absolute atomic E-state index is 0.248. The predicted octanol–water partition coefficient (Wildman–Crippen LogP) is 3.74. The lowest BCUT2D eigenvalue weighted by molar-refractivity contribution is 0.353. The fraction of sp³-hybridized carbons (Fsp3) is 0.250. The van der Waals surface area contributed by atoms with Gasteiger partial charge in [0.05, 0.1) is 14.2 Å². The van der Waals surface area contributed by atoms with Gasteiger partial charge in [-0.3, -0.25) is 0 Å². The van der Waals surface area contributed by atoms with E-state index in [9.17, 15) is 5.11 Å². The van der Waals surface area contributed by atoms with Gasteiger partial charge in [-0.1, -0.05) is 6.07 Å². The van der Waals surface area contributed by atoms with Crippen molar-refractivity contribution in [3.63, 3.8) is 0 Å². The first-order chi connectivity index (χ1) is 10.2. The molecule has 2 N–H and O–H groups in total. The van der Waals surface area contributed by atoms with E-state index < -0.39 is 0 Å². The van der Waals surface area contributed by atoms with Crippen LogP contribution in [0.5, 0.6) is 17.2 Å². The van der Waals surface area contributed by atoms with Crippen molar-refractivity contribution in [2.45, 2.75) is 11.4 Å². The zero-order valence-corrected chi connectivity index (χ0v) is 13.2. The Bertz CT molecular complexity index is 616. The summed E-state index contributed by atoms with van der Waals surface area (Å²) in [6.45, 7) is 0.639. The lowest BCUT2D eigenvalue weighted by atomic mass is 10.2. The van der Waals surface area contributed by atoms with Crippen LogP contribution in [0.15, 0.2) is 41.3 Å². The summed E-state index contributed by atoms with van der Waals surface area (Å²) >= 11 is 1.66. The van der Waals surface area contributed by atoms with Crippen LogP contribution in [0.2, 0.25) is 0 Å². The molecule has 0 heterocycles. The van der Waals surface area contributed by atoms with E-state index in [-0.39, 0.29) is 5.75 Å². The summed E-state index contributed by atoms with van der Waals surface area (Å²) in [5.74, 6) is 1.68. The molecule has 0 aromatic heterocycles. The monoisotopic (exact) mass is 305 g/mol. The van der Waals surface area contributed by atoms with Crippen molar-refractivity contribution in [2.24, 2.45) is 0 Å². The Labute approximate surface area is 129 Å². The highest BCUT2D eigenvalue weighted by Gasteiger charge is 2.10. The number of phenolic OH excluding ortho intramolecular Hbond substituents is 1. The zero-order chi connectivity index (χ0) is 15.2. The highest BCUT2D eigenvalue weighted by molar-refractivity contribution is 7.98. The molecule has 0 amide bonds. The average molecular weight is 305 g/mol. The number of anilines is 1. The molecule has 0 spiro atoms. The maximum atomic E-state index is 9.48. The number of methoxy groups -OCH3 is 2. The van der Waals surface area contributed by atoms with E-state index in [4.69, 9.17) is 9.47 Å². The molecular weight excluding hydrogens is 286 g/mol. The molecular formula is C16H19NO3S. The van der Waals surface area contributed by atoms with Gasteiger partial charge in [0.1, 0.15) is 5.75 Å². The normalized spacial score (nSPS) is 10.2. The molecule has 0 unspecified atom stereocenters. The lowest BCUT2D eigenvalue weighted by Crippen LogP contribution is -2.02. The number of thioether (sulfide) groups is 1. The second kappa shape index (κ2) is 7.13. The largest absolute Gasteiger partial charge is 0.508 e. The predicted molar refractivity (Wildman–Crippen MR) is 86.8 cm³/mol. The standard InChI is InChI=1S/C16H19NO3S/c1-19-14-7-11(16(21-3)9-15(14)20-2)10-17-12-5-4-6-13(18)8-12/h4-9,17-18H,10H2,1-3H3. The maximum absolute atomic E-state index is 9.48. The first-order valence-electron chi connectivity index (χ1n) is 6.49. The molecule has 2 rings (SSSR count). The number of phenols is 1. The summed E-state index contributed by atoms with van der Waals surface area (Å²) in [6, 6.07) is 11.0. The van der Waals surface area contributed by atoms with Crippen molar-refractivity contribution in [1.29, 1.82) is 0 Å². The summed E-state index contributed by atoms with van der Waals surface area (Å²) in [4.78, 5) is 1.13. The third kappa shape index (κ3) is 3.76. The molecule has 5 heteroatoms. The zero-order valence-electron chi connectivity index (χ0n) is 12.3. The molecule has 2 aromatic carbocycles. The summed E-state index contributed by atoms with van der Waals surface area (Å²) < 4.78 is 10.7. The molecule has 0 saturated carbocycles. The number of hydrogen-bond acceptors (Lipinski definition) is 5. The Hall–Kier alpha value is -2.01. The minimum Gasteiger partial charge on any atom is -0.508 e. The van der Waals surface area contributed by atoms with E-state index in [1.807, 2.05) is 30.5 Å². The van der Waals surface area contributed by atoms with Crippen LogP contribution in [0.1, 0.15) is 5.56 Å². The second-order valence-corrected chi connectivity index (χ2v) is 5.27. The third-order valence-electron chi connectivity index (χ3n) is 3.12. The van der Waals surface area contributed by atoms with Gasteiger partial charge in [0.15, 0.2) is 11.5 Å².